The number of unbranched alkanes of at least 4 members (excludes halogenated alkanes) is 1. The van der Waals surface area contributed by atoms with Gasteiger partial charge in [-0.3, -0.25) is 20.4 Å². The zero-order chi connectivity index (χ0) is 26.7. The Morgan fingerprint density at radius 3 is 1.50 bits per heavy atom. The summed E-state index contributed by atoms with van der Waals surface area (Å²) in [6, 6.07) is -0.682. The zero-order valence-electron chi connectivity index (χ0n) is 22.2. The number of alkyl carbamates (subject to hydrolysis) is 3. The number of carbonyl (C=O) groups is 4. The molecule has 11 nitrogen and oxygen atoms in total. The first-order valence-corrected chi connectivity index (χ1v) is 11.3. The summed E-state index contributed by atoms with van der Waals surface area (Å²) >= 11 is 0. The van der Waals surface area contributed by atoms with E-state index in [2.05, 4.69) is 20.9 Å². The van der Waals surface area contributed by atoms with Crippen molar-refractivity contribution in [1.29, 1.82) is 0 Å². The van der Waals surface area contributed by atoms with E-state index in [0.717, 1.165) is 0 Å². The summed E-state index contributed by atoms with van der Waals surface area (Å²) in [5, 5.41) is 7.39. The fourth-order valence-electron chi connectivity index (χ4n) is 2.39. The molecule has 0 fully saturated rings. The van der Waals surface area contributed by atoms with E-state index >= 15 is 0 Å². The summed E-state index contributed by atoms with van der Waals surface area (Å²) in [6.45, 7) is 17.1. The highest BCUT2D eigenvalue weighted by Gasteiger charge is 2.23. The summed E-state index contributed by atoms with van der Waals surface area (Å²) < 4.78 is 15.6. The molecule has 0 aliphatic heterocycles. The molecular formula is C23H42N4O7. The van der Waals surface area contributed by atoms with Crippen LogP contribution in [-0.2, 0) is 19.0 Å². The molecule has 196 valence electrons. The lowest BCUT2D eigenvalue weighted by molar-refractivity contribution is -0.119. The lowest BCUT2D eigenvalue weighted by Gasteiger charge is -2.22. The third kappa shape index (κ3) is 17.7. The van der Waals surface area contributed by atoms with Gasteiger partial charge in [-0.05, 0) is 88.5 Å². The lowest BCUT2D eigenvalue weighted by Crippen LogP contribution is -2.47. The Hall–Kier alpha value is -2.85. The molecule has 0 aromatic rings. The molecule has 0 unspecified atom stereocenters. The molecule has 0 aromatic carbocycles. The molecule has 0 saturated carbocycles. The largest absolute Gasteiger partial charge is 0.444 e. The average Bonchev–Trinajstić information content (AvgIpc) is 2.54. The van der Waals surface area contributed by atoms with E-state index in [9.17, 15) is 19.2 Å². The number of guanidine groups is 1. The van der Waals surface area contributed by atoms with E-state index in [1.807, 2.05) is 0 Å². The Labute approximate surface area is 202 Å². The van der Waals surface area contributed by atoms with Gasteiger partial charge in [-0.2, -0.15) is 0 Å². The number of carbonyl (C=O) groups excluding carboxylic acids is 4. The van der Waals surface area contributed by atoms with Gasteiger partial charge in [0.15, 0.2) is 5.78 Å². The van der Waals surface area contributed by atoms with Gasteiger partial charge in [-0.15, -0.1) is 0 Å². The number of ether oxygens (including phenoxy) is 3. The van der Waals surface area contributed by atoms with Crippen molar-refractivity contribution in [3.8, 4) is 0 Å². The smallest absolute Gasteiger partial charge is 0.414 e. The molecule has 34 heavy (non-hydrogen) atoms. The minimum absolute atomic E-state index is 0.113. The van der Waals surface area contributed by atoms with Crippen LogP contribution in [0.5, 0.6) is 0 Å². The minimum atomic E-state index is -0.777. The maximum Gasteiger partial charge on any atom is 0.414 e. The van der Waals surface area contributed by atoms with E-state index in [1.165, 1.54) is 6.92 Å². The van der Waals surface area contributed by atoms with Crippen molar-refractivity contribution >= 4 is 30.0 Å². The number of rotatable bonds is 7. The van der Waals surface area contributed by atoms with Gasteiger partial charge in [0.25, 0.3) is 0 Å². The van der Waals surface area contributed by atoms with Gasteiger partial charge < -0.3 is 19.5 Å². The number of ketones is 1. The monoisotopic (exact) mass is 486 g/mol. The first-order chi connectivity index (χ1) is 15.3. The fraction of sp³-hybridized carbons (Fsp3) is 0.783. The maximum atomic E-state index is 12.1. The summed E-state index contributed by atoms with van der Waals surface area (Å²) in [5.74, 6) is -0.299. The van der Waals surface area contributed by atoms with Crippen LogP contribution in [0, 0.1) is 0 Å². The summed E-state index contributed by atoms with van der Waals surface area (Å²) in [4.78, 5) is 52.2. The Morgan fingerprint density at radius 2 is 1.12 bits per heavy atom. The van der Waals surface area contributed by atoms with Crippen molar-refractivity contribution < 1.29 is 33.4 Å². The SMILES string of the molecule is CC(=O)[C@H](CCCCN=C(NC(=O)OC(C)(C)C)NC(=O)OC(C)(C)C)NC(=O)OC(C)(C)C. The average molecular weight is 487 g/mol. The Balaban J connectivity index is 4.96. The van der Waals surface area contributed by atoms with Crippen molar-refractivity contribution in [3.05, 3.63) is 0 Å². The summed E-state index contributed by atoms with van der Waals surface area (Å²) in [6.07, 6.45) is -0.749. The molecule has 0 aliphatic rings. The summed E-state index contributed by atoms with van der Waals surface area (Å²) in [5.41, 5.74) is -2.13. The van der Waals surface area contributed by atoms with Crippen LogP contribution < -0.4 is 16.0 Å². The van der Waals surface area contributed by atoms with Crippen molar-refractivity contribution in [1.82, 2.24) is 16.0 Å². The van der Waals surface area contributed by atoms with Crippen molar-refractivity contribution in [2.75, 3.05) is 6.54 Å². The van der Waals surface area contributed by atoms with Crippen LogP contribution in [0.15, 0.2) is 4.99 Å². The molecule has 0 heterocycles. The second kappa shape index (κ2) is 13.1. The van der Waals surface area contributed by atoms with Gasteiger partial charge in [0.1, 0.15) is 16.8 Å². The molecule has 0 aromatic heterocycles. The van der Waals surface area contributed by atoms with E-state index in [1.54, 1.807) is 62.3 Å². The molecule has 0 saturated heterocycles. The minimum Gasteiger partial charge on any atom is -0.444 e. The van der Waals surface area contributed by atoms with Gasteiger partial charge in [0.2, 0.25) is 5.96 Å². The number of amides is 3. The second-order valence-corrected chi connectivity index (χ2v) is 10.8. The van der Waals surface area contributed by atoms with Gasteiger partial charge in [0.05, 0.1) is 6.04 Å². The van der Waals surface area contributed by atoms with Crippen LogP contribution in [0.1, 0.15) is 88.5 Å². The normalized spacial score (nSPS) is 12.6. The van der Waals surface area contributed by atoms with E-state index in [0.29, 0.717) is 19.3 Å². The van der Waals surface area contributed by atoms with Crippen LogP contribution in [0.2, 0.25) is 0 Å². The molecule has 11 heteroatoms. The molecule has 0 bridgehead atoms. The first-order valence-electron chi connectivity index (χ1n) is 11.3. The quantitative estimate of drug-likeness (QED) is 0.213. The molecule has 3 amide bonds. The van der Waals surface area contributed by atoms with Crippen LogP contribution in [-0.4, -0.2) is 59.4 Å². The van der Waals surface area contributed by atoms with E-state index in [-0.39, 0.29) is 18.3 Å². The highest BCUT2D eigenvalue weighted by atomic mass is 16.6. The Bertz CT molecular complexity index is 712. The Kier molecular flexibility index (Phi) is 12.0. The molecule has 0 spiro atoms. The highest BCUT2D eigenvalue weighted by Crippen LogP contribution is 2.10. The van der Waals surface area contributed by atoms with Gasteiger partial charge in [0, 0.05) is 6.54 Å². The molecule has 0 aliphatic carbocycles. The van der Waals surface area contributed by atoms with Crippen molar-refractivity contribution in [2.45, 2.75) is 111 Å². The second-order valence-electron chi connectivity index (χ2n) is 10.8. The number of nitrogens with zero attached hydrogens (tertiary/aromatic N) is 1. The van der Waals surface area contributed by atoms with Gasteiger partial charge in [-0.25, -0.2) is 14.4 Å². The van der Waals surface area contributed by atoms with Crippen LogP contribution in [0.25, 0.3) is 0 Å². The number of aliphatic imine (C=N–C) groups is 1. The van der Waals surface area contributed by atoms with E-state index < -0.39 is 41.1 Å². The zero-order valence-corrected chi connectivity index (χ0v) is 22.2. The highest BCUT2D eigenvalue weighted by molar-refractivity contribution is 6.01. The Morgan fingerprint density at radius 1 is 0.706 bits per heavy atom. The van der Waals surface area contributed by atoms with Gasteiger partial charge in [-0.1, -0.05) is 0 Å². The first kappa shape index (κ1) is 31.1. The number of hydrogen-bond acceptors (Lipinski definition) is 8. The standard InChI is InChI=1S/C23H42N4O7/c1-15(28)16(25-18(29)32-21(2,3)4)13-11-12-14-24-17(26-19(30)33-22(5,6)7)27-20(31)34-23(8,9)10/h16H,11-14H2,1-10H3,(H,25,29)(H2,24,26,27,30,31)/t16-/m0/s1. The summed E-state index contributed by atoms with van der Waals surface area (Å²) in [7, 11) is 0. The molecule has 3 N–H and O–H groups in total. The predicted molar refractivity (Wildman–Crippen MR) is 129 cm³/mol. The van der Waals surface area contributed by atoms with Crippen molar-refractivity contribution in [2.24, 2.45) is 4.99 Å². The maximum absolute atomic E-state index is 12.1. The lowest BCUT2D eigenvalue weighted by atomic mass is 10.1. The van der Waals surface area contributed by atoms with Gasteiger partial charge >= 0.3 is 18.3 Å². The molecule has 0 rings (SSSR count). The number of nitrogens with one attached hydrogen (secondary N) is 3. The molecular weight excluding hydrogens is 444 g/mol. The van der Waals surface area contributed by atoms with E-state index in [4.69, 9.17) is 14.2 Å². The molecule has 0 radical (unpaired) electrons. The fourth-order valence-corrected chi connectivity index (χ4v) is 2.39. The molecule has 1 atom stereocenters. The third-order valence-electron chi connectivity index (χ3n) is 3.59. The van der Waals surface area contributed by atoms with Crippen LogP contribution in [0.4, 0.5) is 14.4 Å². The third-order valence-corrected chi connectivity index (χ3v) is 3.59. The van der Waals surface area contributed by atoms with Crippen LogP contribution >= 0.6 is 0 Å². The number of hydrogen-bond donors (Lipinski definition) is 3. The van der Waals surface area contributed by atoms with Crippen LogP contribution in [0.3, 0.4) is 0 Å². The number of Topliss-reactive ketones (excluding diaryl/α,β-unsaturated/α-hetero) is 1. The van der Waals surface area contributed by atoms with Crippen molar-refractivity contribution in [3.63, 3.8) is 0 Å². The predicted octanol–water partition coefficient (Wildman–Crippen LogP) is 4.04. The topological polar surface area (TPSA) is 144 Å².